The van der Waals surface area contributed by atoms with E-state index in [1.807, 2.05) is 24.3 Å². The zero-order valence-corrected chi connectivity index (χ0v) is 42.6. The lowest BCUT2D eigenvalue weighted by Gasteiger charge is -2.47. The van der Waals surface area contributed by atoms with Gasteiger partial charge in [0.25, 0.3) is 0 Å². The van der Waals surface area contributed by atoms with E-state index in [0.717, 1.165) is 11.3 Å². The van der Waals surface area contributed by atoms with Crippen molar-refractivity contribution in [2.45, 2.75) is 174 Å². The Kier molecular flexibility index (Phi) is 17.7. The third-order valence-corrected chi connectivity index (χ3v) is 27.1. The minimum absolute atomic E-state index is 0.00707. The summed E-state index contributed by atoms with van der Waals surface area (Å²) in [6.45, 7) is 42.9. The Labute approximate surface area is 351 Å². The van der Waals surface area contributed by atoms with Gasteiger partial charge in [0.05, 0.1) is 58.3 Å². The Morgan fingerprint density at radius 1 is 0.895 bits per heavy atom. The number of hydroxylamine groups is 2. The molecule has 1 saturated heterocycles. The maximum atomic E-state index is 13.6. The number of hydrogen-bond donors (Lipinski definition) is 1. The van der Waals surface area contributed by atoms with Crippen LogP contribution in [0.15, 0.2) is 36.9 Å². The summed E-state index contributed by atoms with van der Waals surface area (Å²) in [6, 6.07) is 7.90. The summed E-state index contributed by atoms with van der Waals surface area (Å²) in [5.74, 6) is -0.603. The first-order chi connectivity index (χ1) is 25.8. The van der Waals surface area contributed by atoms with Crippen molar-refractivity contribution in [1.82, 2.24) is 5.06 Å². The molecule has 1 aliphatic heterocycles. The predicted octanol–water partition coefficient (Wildman–Crippen LogP) is 10.00. The van der Waals surface area contributed by atoms with Crippen LogP contribution in [0.3, 0.4) is 0 Å². The number of aliphatic hydroxyl groups is 1. The summed E-state index contributed by atoms with van der Waals surface area (Å²) < 4.78 is 39.9. The highest BCUT2D eigenvalue weighted by Gasteiger charge is 2.65. The first-order valence-electron chi connectivity index (χ1n) is 20.8. The number of carbonyl (C=O) groups excluding carboxylic acids is 1. The summed E-state index contributed by atoms with van der Waals surface area (Å²) >= 11 is 0. The molecule has 0 bridgehead atoms. The second kappa shape index (κ2) is 19.5. The van der Waals surface area contributed by atoms with Crippen molar-refractivity contribution in [3.05, 3.63) is 42.5 Å². The van der Waals surface area contributed by atoms with E-state index in [9.17, 15) is 9.90 Å². The zero-order chi connectivity index (χ0) is 44.2. The van der Waals surface area contributed by atoms with Crippen molar-refractivity contribution in [3.8, 4) is 5.75 Å². The summed E-state index contributed by atoms with van der Waals surface area (Å²) in [6.07, 6.45) is -0.714. The SMILES string of the molecule is C=C[C@H]([C@@H](O)[C@H](CO[Si](C)(C)C(C)(C)C)[C@H](O[Si](C)(C)C(C)(C)C)[C@@]1(C)O[C@@H]1[C@@H](C)COCc1ccc(OC)cc1)[C@@H](CC(=O)N(C)OC)O[Si](C)(C)C(C)(C)C. The largest absolute Gasteiger partial charge is 0.497 e. The number of ether oxygens (including phenoxy) is 3. The molecular formula is C44H83NO9Si3. The summed E-state index contributed by atoms with van der Waals surface area (Å²) in [7, 11) is -2.54. The average Bonchev–Trinajstić information content (AvgIpc) is 3.78. The van der Waals surface area contributed by atoms with Crippen molar-refractivity contribution >= 4 is 30.9 Å². The van der Waals surface area contributed by atoms with E-state index in [1.54, 1.807) is 20.2 Å². The van der Waals surface area contributed by atoms with Crippen LogP contribution in [0.5, 0.6) is 5.75 Å². The number of carbonyl (C=O) groups is 1. The summed E-state index contributed by atoms with van der Waals surface area (Å²) in [5, 5.41) is 13.9. The Morgan fingerprint density at radius 2 is 1.40 bits per heavy atom. The standard InChI is InChI=1S/C44H83NO9Si3/c1-22-34(36(27-37(46)45(13)49-15)53-56(18,19)42(6,7)8)38(47)35(30-51-55(16,17)41(3,4)5)40(54-57(20,21)43(9,10)11)44(12)39(52-44)31(2)28-50-29-32-23-25-33(48-14)26-24-32/h22-26,31,34-36,38-40,47H,1,27-30H2,2-21H3/t31-,34-,35-,36+,38+,39+,40-,44-/m0/s1. The van der Waals surface area contributed by atoms with Crippen molar-refractivity contribution in [1.29, 1.82) is 0 Å². The lowest BCUT2D eigenvalue weighted by atomic mass is 9.78. The first kappa shape index (κ1) is 51.7. The van der Waals surface area contributed by atoms with Crippen LogP contribution in [0, 0.1) is 17.8 Å². The predicted molar refractivity (Wildman–Crippen MR) is 240 cm³/mol. The fraction of sp³-hybridized carbons (Fsp3) is 0.795. The topological polar surface area (TPSA) is 108 Å². The Morgan fingerprint density at radius 3 is 1.86 bits per heavy atom. The van der Waals surface area contributed by atoms with E-state index in [0.29, 0.717) is 13.2 Å². The molecule has 1 amide bonds. The number of rotatable bonds is 22. The molecule has 10 nitrogen and oxygen atoms in total. The van der Waals surface area contributed by atoms with Crippen LogP contribution in [0.4, 0.5) is 0 Å². The van der Waals surface area contributed by atoms with Gasteiger partial charge in [-0.05, 0) is 79.0 Å². The number of aliphatic hydroxyl groups excluding tert-OH is 1. The quantitative estimate of drug-likeness (QED) is 0.0528. The van der Waals surface area contributed by atoms with E-state index in [-0.39, 0.29) is 46.1 Å². The van der Waals surface area contributed by atoms with Gasteiger partial charge in [-0.2, -0.15) is 0 Å². The van der Waals surface area contributed by atoms with Gasteiger partial charge in [0.2, 0.25) is 5.91 Å². The third kappa shape index (κ3) is 13.3. The van der Waals surface area contributed by atoms with Gasteiger partial charge in [0.1, 0.15) is 11.4 Å². The normalized spacial score (nSPS) is 21.6. The molecule has 0 unspecified atom stereocenters. The van der Waals surface area contributed by atoms with E-state index in [4.69, 9.17) is 32.3 Å². The number of benzene rings is 1. The number of epoxide rings is 1. The Bertz CT molecular complexity index is 1430. The van der Waals surface area contributed by atoms with E-state index in [2.05, 4.69) is 122 Å². The van der Waals surface area contributed by atoms with Crippen LogP contribution >= 0.6 is 0 Å². The van der Waals surface area contributed by atoms with Gasteiger partial charge in [-0.25, -0.2) is 5.06 Å². The molecule has 0 aliphatic carbocycles. The molecule has 0 saturated carbocycles. The molecule has 57 heavy (non-hydrogen) atoms. The van der Waals surface area contributed by atoms with Gasteiger partial charge in [0, 0.05) is 31.4 Å². The number of amides is 1. The maximum Gasteiger partial charge on any atom is 0.248 e. The maximum absolute atomic E-state index is 13.6. The number of nitrogens with zero attached hydrogens (tertiary/aromatic N) is 1. The molecule has 0 aromatic heterocycles. The molecule has 1 heterocycles. The molecule has 8 atom stereocenters. The van der Waals surface area contributed by atoms with Crippen LogP contribution in [-0.4, -0.2) is 106 Å². The highest BCUT2D eigenvalue weighted by atomic mass is 28.4. The van der Waals surface area contributed by atoms with Crippen molar-refractivity contribution < 1.29 is 42.2 Å². The molecule has 2 rings (SSSR count). The lowest BCUT2D eigenvalue weighted by Crippen LogP contribution is -2.57. The van der Waals surface area contributed by atoms with Crippen LogP contribution in [0.2, 0.25) is 54.4 Å². The Balaban J connectivity index is 2.70. The second-order valence-electron chi connectivity index (χ2n) is 21.1. The average molecular weight is 854 g/mol. The van der Waals surface area contributed by atoms with Crippen LogP contribution in [-0.2, 0) is 39.0 Å². The zero-order valence-electron chi connectivity index (χ0n) is 39.6. The van der Waals surface area contributed by atoms with Crippen LogP contribution in [0.1, 0.15) is 88.1 Å². The first-order valence-corrected chi connectivity index (χ1v) is 29.5. The van der Waals surface area contributed by atoms with E-state index >= 15 is 0 Å². The van der Waals surface area contributed by atoms with E-state index < -0.39 is 60.7 Å². The van der Waals surface area contributed by atoms with Gasteiger partial charge >= 0.3 is 0 Å². The molecule has 1 aromatic carbocycles. The smallest absolute Gasteiger partial charge is 0.248 e. The summed E-state index contributed by atoms with van der Waals surface area (Å²) in [4.78, 5) is 18.9. The van der Waals surface area contributed by atoms with Crippen LogP contribution < -0.4 is 4.74 Å². The minimum atomic E-state index is -2.49. The van der Waals surface area contributed by atoms with Gasteiger partial charge in [-0.3, -0.25) is 9.63 Å². The minimum Gasteiger partial charge on any atom is -0.497 e. The van der Waals surface area contributed by atoms with Gasteiger partial charge in [-0.15, -0.1) is 6.58 Å². The molecule has 1 aliphatic rings. The van der Waals surface area contributed by atoms with Crippen LogP contribution in [0.25, 0.3) is 0 Å². The molecule has 1 fully saturated rings. The third-order valence-electron chi connectivity index (χ3n) is 13.6. The van der Waals surface area contributed by atoms with E-state index in [1.165, 1.54) is 12.2 Å². The molecule has 13 heteroatoms. The second-order valence-corrected chi connectivity index (χ2v) is 35.4. The van der Waals surface area contributed by atoms with Gasteiger partial charge in [-0.1, -0.05) is 87.4 Å². The highest BCUT2D eigenvalue weighted by molar-refractivity contribution is 6.75. The van der Waals surface area contributed by atoms with Crippen molar-refractivity contribution in [2.24, 2.45) is 17.8 Å². The molecule has 1 N–H and O–H groups in total. The lowest BCUT2D eigenvalue weighted by molar-refractivity contribution is -0.171. The fourth-order valence-electron chi connectivity index (χ4n) is 6.34. The summed E-state index contributed by atoms with van der Waals surface area (Å²) in [5.41, 5.74) is 0.307. The fourth-order valence-corrected chi connectivity index (χ4v) is 10.1. The molecule has 0 radical (unpaired) electrons. The number of methoxy groups -OCH3 is 1. The molecular weight excluding hydrogens is 771 g/mol. The molecule has 1 aromatic rings. The Hall–Kier alpha value is -1.40. The van der Waals surface area contributed by atoms with Crippen molar-refractivity contribution in [3.63, 3.8) is 0 Å². The van der Waals surface area contributed by atoms with Crippen molar-refractivity contribution in [2.75, 3.05) is 34.5 Å². The van der Waals surface area contributed by atoms with Gasteiger partial charge in [0.15, 0.2) is 25.0 Å². The molecule has 330 valence electrons. The monoisotopic (exact) mass is 854 g/mol. The molecule has 0 spiro atoms. The highest BCUT2D eigenvalue weighted by Crippen LogP contribution is 2.52. The van der Waals surface area contributed by atoms with Gasteiger partial charge < -0.3 is 32.6 Å². The number of hydrogen-bond acceptors (Lipinski definition) is 9.